The smallest absolute Gasteiger partial charge is 0.125 e. The number of halogens is 3. The van der Waals surface area contributed by atoms with Gasteiger partial charge in [0.25, 0.3) is 0 Å². The third kappa shape index (κ3) is 2.04. The first-order valence-electron chi connectivity index (χ1n) is 2.98. The lowest BCUT2D eigenvalue weighted by molar-refractivity contribution is 0.626. The van der Waals surface area contributed by atoms with Crippen molar-refractivity contribution < 1.29 is 4.39 Å². The van der Waals surface area contributed by atoms with Crippen molar-refractivity contribution in [1.82, 2.24) is 0 Å². The molecule has 0 aliphatic carbocycles. The van der Waals surface area contributed by atoms with E-state index >= 15 is 0 Å². The maximum Gasteiger partial charge on any atom is 0.125 e. The van der Waals surface area contributed by atoms with Crippen LogP contribution in [-0.2, 0) is 6.54 Å². The third-order valence-electron chi connectivity index (χ3n) is 1.31. The molecule has 0 radical (unpaired) electrons. The predicted molar refractivity (Wildman–Crippen MR) is 52.0 cm³/mol. The minimum Gasteiger partial charge on any atom is -0.326 e. The molecule has 1 nitrogen and oxygen atoms in total. The van der Waals surface area contributed by atoms with Crippen LogP contribution in [0.15, 0.2) is 12.1 Å². The van der Waals surface area contributed by atoms with E-state index < -0.39 is 0 Å². The fraction of sp³-hybridized carbons (Fsp3) is 0.143. The van der Waals surface area contributed by atoms with Gasteiger partial charge in [-0.2, -0.15) is 0 Å². The molecule has 1 aromatic carbocycles. The summed E-state index contributed by atoms with van der Waals surface area (Å²) >= 11 is 7.72. The van der Waals surface area contributed by atoms with E-state index in [0.29, 0.717) is 11.6 Å². The van der Waals surface area contributed by atoms with Crippen molar-refractivity contribution in [2.45, 2.75) is 6.54 Å². The molecule has 0 fully saturated rings. The predicted octanol–water partition coefficient (Wildman–Crippen LogP) is 2.54. The van der Waals surface area contributed by atoms with Crippen molar-refractivity contribution in [2.75, 3.05) is 0 Å². The molecule has 60 valence electrons. The first-order chi connectivity index (χ1) is 5.15. The Hall–Kier alpha value is 0.130. The molecule has 1 aromatic rings. The standard InChI is InChI=1S/C7H6ClFIN/c8-6-1-4(9)2-7(10)5(6)3-11/h1-2H,3,11H2. The minimum absolute atomic E-state index is 0.323. The zero-order chi connectivity index (χ0) is 8.43. The Balaban J connectivity index is 3.25. The summed E-state index contributed by atoms with van der Waals surface area (Å²) in [6.45, 7) is 0.345. The fourth-order valence-corrected chi connectivity index (χ4v) is 2.02. The molecule has 0 saturated carbocycles. The van der Waals surface area contributed by atoms with E-state index in [1.807, 2.05) is 22.6 Å². The van der Waals surface area contributed by atoms with E-state index in [2.05, 4.69) is 0 Å². The molecular formula is C7H6ClFIN. The van der Waals surface area contributed by atoms with Gasteiger partial charge in [-0.25, -0.2) is 4.39 Å². The lowest BCUT2D eigenvalue weighted by Crippen LogP contribution is -2.00. The molecule has 0 heterocycles. The zero-order valence-corrected chi connectivity index (χ0v) is 8.49. The molecule has 4 heteroatoms. The van der Waals surface area contributed by atoms with E-state index in [1.165, 1.54) is 12.1 Å². The van der Waals surface area contributed by atoms with Gasteiger partial charge >= 0.3 is 0 Å². The average molecular weight is 285 g/mol. The van der Waals surface area contributed by atoms with Crippen LogP contribution in [0.5, 0.6) is 0 Å². The third-order valence-corrected chi connectivity index (χ3v) is 2.61. The van der Waals surface area contributed by atoms with Crippen LogP contribution < -0.4 is 5.73 Å². The molecule has 0 bridgehead atoms. The highest BCUT2D eigenvalue weighted by molar-refractivity contribution is 14.1. The molecular weight excluding hydrogens is 279 g/mol. The van der Waals surface area contributed by atoms with Crippen LogP contribution in [0, 0.1) is 9.39 Å². The van der Waals surface area contributed by atoms with E-state index in [4.69, 9.17) is 17.3 Å². The normalized spacial score (nSPS) is 10.2. The molecule has 0 amide bonds. The lowest BCUT2D eigenvalue weighted by atomic mass is 10.2. The minimum atomic E-state index is -0.323. The Kier molecular flexibility index (Phi) is 3.09. The SMILES string of the molecule is NCc1c(Cl)cc(F)cc1I. The summed E-state index contributed by atoms with van der Waals surface area (Å²) in [6, 6.07) is 2.68. The molecule has 0 aromatic heterocycles. The van der Waals surface area contributed by atoms with Gasteiger partial charge in [-0.1, -0.05) is 11.6 Å². The number of hydrogen-bond acceptors (Lipinski definition) is 1. The van der Waals surface area contributed by atoms with Gasteiger partial charge in [0.1, 0.15) is 5.82 Å². The topological polar surface area (TPSA) is 26.0 Å². The molecule has 0 atom stereocenters. The van der Waals surface area contributed by atoms with Gasteiger partial charge in [0.15, 0.2) is 0 Å². The van der Waals surface area contributed by atoms with Crippen LogP contribution in [0.1, 0.15) is 5.56 Å². The molecule has 0 aliphatic heterocycles. The van der Waals surface area contributed by atoms with Gasteiger partial charge in [-0.3, -0.25) is 0 Å². The molecule has 2 N–H and O–H groups in total. The van der Waals surface area contributed by atoms with Gasteiger partial charge in [0.05, 0.1) is 0 Å². The number of benzene rings is 1. The van der Waals surface area contributed by atoms with Crippen LogP contribution in [-0.4, -0.2) is 0 Å². The van der Waals surface area contributed by atoms with Crippen molar-refractivity contribution in [3.05, 3.63) is 32.1 Å². The Morgan fingerprint density at radius 2 is 2.18 bits per heavy atom. The van der Waals surface area contributed by atoms with E-state index in [1.54, 1.807) is 0 Å². The second-order valence-corrected chi connectivity index (χ2v) is 3.62. The summed E-state index contributed by atoms with van der Waals surface area (Å²) in [4.78, 5) is 0. The van der Waals surface area contributed by atoms with Crippen molar-refractivity contribution in [3.8, 4) is 0 Å². The Bertz CT molecular complexity index is 254. The lowest BCUT2D eigenvalue weighted by Gasteiger charge is -2.03. The molecule has 0 spiro atoms. The molecule has 0 saturated heterocycles. The number of nitrogens with two attached hydrogens (primary N) is 1. The zero-order valence-electron chi connectivity index (χ0n) is 5.57. The highest BCUT2D eigenvalue weighted by Crippen LogP contribution is 2.22. The van der Waals surface area contributed by atoms with Crippen LogP contribution in [0.3, 0.4) is 0 Å². The largest absolute Gasteiger partial charge is 0.326 e. The molecule has 1 rings (SSSR count). The van der Waals surface area contributed by atoms with Crippen molar-refractivity contribution in [3.63, 3.8) is 0 Å². The van der Waals surface area contributed by atoms with Crippen molar-refractivity contribution >= 4 is 34.2 Å². The molecule has 11 heavy (non-hydrogen) atoms. The maximum atomic E-state index is 12.6. The fourth-order valence-electron chi connectivity index (χ4n) is 0.767. The van der Waals surface area contributed by atoms with E-state index in [-0.39, 0.29) is 5.82 Å². The Morgan fingerprint density at radius 3 is 2.64 bits per heavy atom. The highest BCUT2D eigenvalue weighted by atomic mass is 127. The molecule has 0 aliphatic rings. The van der Waals surface area contributed by atoms with Gasteiger partial charge in [0.2, 0.25) is 0 Å². The summed E-state index contributed by atoms with van der Waals surface area (Å²) in [6.07, 6.45) is 0. The Morgan fingerprint density at radius 1 is 1.55 bits per heavy atom. The highest BCUT2D eigenvalue weighted by Gasteiger charge is 2.05. The second kappa shape index (κ2) is 3.69. The monoisotopic (exact) mass is 285 g/mol. The van der Waals surface area contributed by atoms with Crippen molar-refractivity contribution in [1.29, 1.82) is 0 Å². The van der Waals surface area contributed by atoms with Crippen molar-refractivity contribution in [2.24, 2.45) is 5.73 Å². The van der Waals surface area contributed by atoms with Gasteiger partial charge in [-0.15, -0.1) is 0 Å². The van der Waals surface area contributed by atoms with Gasteiger partial charge in [-0.05, 0) is 40.3 Å². The first-order valence-corrected chi connectivity index (χ1v) is 4.44. The quantitative estimate of drug-likeness (QED) is 0.789. The van der Waals surface area contributed by atoms with Crippen LogP contribution in [0.25, 0.3) is 0 Å². The first kappa shape index (κ1) is 9.22. The Labute approximate surface area is 82.9 Å². The van der Waals surface area contributed by atoms with Gasteiger partial charge in [0, 0.05) is 15.1 Å². The average Bonchev–Trinajstić information content (AvgIpc) is 1.85. The number of hydrogen-bond donors (Lipinski definition) is 1. The summed E-state index contributed by atoms with van der Waals surface area (Å²) in [5, 5.41) is 0.400. The summed E-state index contributed by atoms with van der Waals surface area (Å²) < 4.78 is 13.4. The molecule has 0 unspecified atom stereocenters. The van der Waals surface area contributed by atoms with Gasteiger partial charge < -0.3 is 5.73 Å². The maximum absolute atomic E-state index is 12.6. The van der Waals surface area contributed by atoms with Crippen LogP contribution >= 0.6 is 34.2 Å². The van der Waals surface area contributed by atoms with Crippen LogP contribution in [0.4, 0.5) is 4.39 Å². The second-order valence-electron chi connectivity index (χ2n) is 2.05. The summed E-state index contributed by atoms with van der Waals surface area (Å²) in [7, 11) is 0. The van der Waals surface area contributed by atoms with E-state index in [9.17, 15) is 4.39 Å². The van der Waals surface area contributed by atoms with E-state index in [0.717, 1.165) is 9.13 Å². The summed E-state index contributed by atoms with van der Waals surface area (Å²) in [5.41, 5.74) is 6.19. The van der Waals surface area contributed by atoms with Crippen LogP contribution in [0.2, 0.25) is 5.02 Å². The summed E-state index contributed by atoms with van der Waals surface area (Å²) in [5.74, 6) is -0.323. The number of rotatable bonds is 1.